The molecule has 0 aliphatic rings. The molecule has 0 fully saturated rings. The van der Waals surface area contributed by atoms with Crippen molar-refractivity contribution in [2.45, 2.75) is 39.3 Å². The van der Waals surface area contributed by atoms with Gasteiger partial charge >= 0.3 is 0 Å². The molecule has 4 aromatic rings. The SMILES string of the molecule is C[SiH](C)Oc1[c]c2cc3cc4ccccc4cc3cc2c(C(C)(C)C)c1. The maximum atomic E-state index is 6.12. The summed E-state index contributed by atoms with van der Waals surface area (Å²) in [6.45, 7) is 11.2. The maximum absolute atomic E-state index is 6.12. The van der Waals surface area contributed by atoms with Gasteiger partial charge in [-0.05, 0) is 86.7 Å². The van der Waals surface area contributed by atoms with Crippen molar-refractivity contribution in [1.29, 1.82) is 0 Å². The summed E-state index contributed by atoms with van der Waals surface area (Å²) in [5.41, 5.74) is 1.38. The van der Waals surface area contributed by atoms with Gasteiger partial charge in [-0.1, -0.05) is 45.0 Å². The van der Waals surface area contributed by atoms with Crippen LogP contribution in [0.15, 0.2) is 54.6 Å². The summed E-state index contributed by atoms with van der Waals surface area (Å²) in [4.78, 5) is 0. The van der Waals surface area contributed by atoms with Crippen molar-refractivity contribution in [2.75, 3.05) is 0 Å². The summed E-state index contributed by atoms with van der Waals surface area (Å²) >= 11 is 0. The lowest BCUT2D eigenvalue weighted by Crippen LogP contribution is -2.15. The van der Waals surface area contributed by atoms with Gasteiger partial charge in [-0.2, -0.15) is 0 Å². The molecule has 2 heteroatoms. The smallest absolute Gasteiger partial charge is 0.229 e. The fourth-order valence-corrected chi connectivity index (χ4v) is 4.27. The number of hydrogen-bond acceptors (Lipinski definition) is 1. The highest BCUT2D eigenvalue weighted by molar-refractivity contribution is 6.49. The van der Waals surface area contributed by atoms with Gasteiger partial charge in [0, 0.05) is 6.07 Å². The first kappa shape index (κ1) is 17.1. The van der Waals surface area contributed by atoms with E-state index in [2.05, 4.69) is 94.5 Å². The van der Waals surface area contributed by atoms with Crippen molar-refractivity contribution in [3.8, 4) is 5.75 Å². The van der Waals surface area contributed by atoms with Gasteiger partial charge in [0.05, 0.1) is 0 Å². The summed E-state index contributed by atoms with van der Waals surface area (Å²) in [5, 5.41) is 7.51. The minimum Gasteiger partial charge on any atom is -0.547 e. The van der Waals surface area contributed by atoms with Crippen LogP contribution in [-0.2, 0) is 5.41 Å². The first-order chi connectivity index (χ1) is 12.3. The zero-order valence-corrected chi connectivity index (χ0v) is 17.3. The second kappa shape index (κ2) is 6.13. The van der Waals surface area contributed by atoms with E-state index in [1.54, 1.807) is 0 Å². The van der Waals surface area contributed by atoms with Crippen molar-refractivity contribution in [1.82, 2.24) is 0 Å². The van der Waals surface area contributed by atoms with Crippen molar-refractivity contribution >= 4 is 41.4 Å². The van der Waals surface area contributed by atoms with E-state index in [0.29, 0.717) is 0 Å². The van der Waals surface area contributed by atoms with Gasteiger partial charge in [0.1, 0.15) is 5.75 Å². The number of rotatable bonds is 2. The highest BCUT2D eigenvalue weighted by Crippen LogP contribution is 2.36. The summed E-state index contributed by atoms with van der Waals surface area (Å²) in [5.74, 6) is 0.893. The average Bonchev–Trinajstić information content (AvgIpc) is 2.56. The number of benzene rings is 4. The monoisotopic (exact) mass is 357 g/mol. The molecule has 0 N–H and O–H groups in total. The van der Waals surface area contributed by atoms with Gasteiger partial charge in [0.25, 0.3) is 0 Å². The molecule has 131 valence electrons. The largest absolute Gasteiger partial charge is 0.547 e. The fraction of sp³-hybridized carbons (Fsp3) is 0.250. The van der Waals surface area contributed by atoms with Crippen LogP contribution >= 0.6 is 0 Å². The van der Waals surface area contributed by atoms with Crippen LogP contribution in [0, 0.1) is 6.07 Å². The highest BCUT2D eigenvalue weighted by atomic mass is 28.3. The standard InChI is InChI=1S/C24H25OSi/c1-24(2,3)23-15-21(25-26(4)5)13-20-12-18-10-16-8-6-7-9-17(16)11-19(18)14-22(20)23/h6-12,14-15,26H,1-5H3. The van der Waals surface area contributed by atoms with Gasteiger partial charge in [-0.15, -0.1) is 0 Å². The van der Waals surface area contributed by atoms with Crippen LogP contribution in [0.2, 0.25) is 13.1 Å². The van der Waals surface area contributed by atoms with Crippen LogP contribution in [-0.4, -0.2) is 9.04 Å². The predicted octanol–water partition coefficient (Wildman–Crippen LogP) is 6.61. The molecular weight excluding hydrogens is 332 g/mol. The number of fused-ring (bicyclic) bond motifs is 3. The maximum Gasteiger partial charge on any atom is 0.229 e. The molecule has 0 saturated carbocycles. The third kappa shape index (κ3) is 3.10. The second-order valence-corrected chi connectivity index (χ2v) is 10.7. The molecule has 4 aromatic carbocycles. The van der Waals surface area contributed by atoms with E-state index in [1.807, 2.05) is 0 Å². The summed E-state index contributed by atoms with van der Waals surface area (Å²) in [6, 6.07) is 23.4. The van der Waals surface area contributed by atoms with E-state index in [4.69, 9.17) is 4.43 Å². The van der Waals surface area contributed by atoms with Crippen LogP contribution in [0.3, 0.4) is 0 Å². The molecule has 0 unspecified atom stereocenters. The molecule has 1 nitrogen and oxygen atoms in total. The minimum atomic E-state index is -1.17. The molecule has 0 aliphatic carbocycles. The van der Waals surface area contributed by atoms with Gasteiger partial charge in [0.2, 0.25) is 9.04 Å². The summed E-state index contributed by atoms with van der Waals surface area (Å²) in [7, 11) is -1.17. The Morgan fingerprint density at radius 2 is 1.42 bits per heavy atom. The van der Waals surface area contributed by atoms with Crippen molar-refractivity contribution < 1.29 is 4.43 Å². The van der Waals surface area contributed by atoms with E-state index in [0.717, 1.165) is 11.1 Å². The Labute approximate surface area is 157 Å². The van der Waals surface area contributed by atoms with Gasteiger partial charge in [-0.25, -0.2) is 0 Å². The lowest BCUT2D eigenvalue weighted by atomic mass is 9.83. The first-order valence-electron chi connectivity index (χ1n) is 9.31. The zero-order valence-electron chi connectivity index (χ0n) is 16.2. The quantitative estimate of drug-likeness (QED) is 0.290. The van der Waals surface area contributed by atoms with Crippen molar-refractivity contribution in [2.24, 2.45) is 0 Å². The lowest BCUT2D eigenvalue weighted by molar-refractivity contribution is 0.563. The van der Waals surface area contributed by atoms with E-state index in [-0.39, 0.29) is 5.41 Å². The first-order valence-corrected chi connectivity index (χ1v) is 12.1. The fourth-order valence-electron chi connectivity index (χ4n) is 3.63. The summed E-state index contributed by atoms with van der Waals surface area (Å²) in [6.07, 6.45) is 0. The van der Waals surface area contributed by atoms with Gasteiger partial charge < -0.3 is 4.43 Å². The number of hydrogen-bond donors (Lipinski definition) is 0. The topological polar surface area (TPSA) is 9.23 Å². The highest BCUT2D eigenvalue weighted by Gasteiger charge is 2.19. The average molecular weight is 358 g/mol. The Bertz CT molecular complexity index is 1120. The van der Waals surface area contributed by atoms with Crippen LogP contribution < -0.4 is 4.43 Å². The van der Waals surface area contributed by atoms with Crippen LogP contribution in [0.4, 0.5) is 0 Å². The molecule has 0 aromatic heterocycles. The lowest BCUT2D eigenvalue weighted by Gasteiger charge is -2.23. The Hall–Kier alpha value is -2.32. The van der Waals surface area contributed by atoms with Gasteiger partial charge in [-0.3, -0.25) is 0 Å². The van der Waals surface area contributed by atoms with E-state index >= 15 is 0 Å². The van der Waals surface area contributed by atoms with Gasteiger partial charge in [0.15, 0.2) is 0 Å². The van der Waals surface area contributed by atoms with Crippen LogP contribution in [0.1, 0.15) is 26.3 Å². The molecule has 0 heterocycles. The molecule has 0 atom stereocenters. The molecule has 26 heavy (non-hydrogen) atoms. The molecule has 0 spiro atoms. The van der Waals surface area contributed by atoms with Crippen LogP contribution in [0.5, 0.6) is 5.75 Å². The molecule has 0 saturated heterocycles. The third-order valence-electron chi connectivity index (χ3n) is 4.84. The molecular formula is C24H25OSi. The molecule has 1 radical (unpaired) electrons. The van der Waals surface area contributed by atoms with Crippen molar-refractivity contribution in [3.05, 3.63) is 66.2 Å². The van der Waals surface area contributed by atoms with Crippen LogP contribution in [0.25, 0.3) is 32.3 Å². The second-order valence-electron chi connectivity index (χ2n) is 8.41. The normalized spacial score (nSPS) is 12.4. The Balaban J connectivity index is 2.05. The molecule has 0 bridgehead atoms. The third-order valence-corrected chi connectivity index (χ3v) is 5.56. The van der Waals surface area contributed by atoms with Crippen molar-refractivity contribution in [3.63, 3.8) is 0 Å². The molecule has 0 aliphatic heterocycles. The van der Waals surface area contributed by atoms with E-state index in [1.165, 1.54) is 32.5 Å². The Morgan fingerprint density at radius 1 is 0.808 bits per heavy atom. The molecule has 4 rings (SSSR count). The summed E-state index contributed by atoms with van der Waals surface area (Å²) < 4.78 is 6.12. The van der Waals surface area contributed by atoms with E-state index in [9.17, 15) is 0 Å². The Morgan fingerprint density at radius 3 is 2.00 bits per heavy atom. The predicted molar refractivity (Wildman–Crippen MR) is 116 cm³/mol. The molecule has 0 amide bonds. The zero-order chi connectivity index (χ0) is 18.5. The Kier molecular flexibility index (Phi) is 4.04. The minimum absolute atomic E-state index is 0.0501. The van der Waals surface area contributed by atoms with E-state index < -0.39 is 9.04 Å².